The minimum Gasteiger partial charge on any atom is -0.460 e. The second-order valence-electron chi connectivity index (χ2n) is 4.27. The number of anilines is 1. The van der Waals surface area contributed by atoms with Crippen LogP contribution in [-0.4, -0.2) is 34.4 Å². The third kappa shape index (κ3) is 4.40. The van der Waals surface area contributed by atoms with E-state index in [0.29, 0.717) is 0 Å². The summed E-state index contributed by atoms with van der Waals surface area (Å²) in [6, 6.07) is -0.229. The topological polar surface area (TPSA) is 104 Å². The van der Waals surface area contributed by atoms with E-state index in [2.05, 4.69) is 24.7 Å². The van der Waals surface area contributed by atoms with Gasteiger partial charge in [-0.3, -0.25) is 0 Å². The highest BCUT2D eigenvalue weighted by Crippen LogP contribution is 2.10. The molecular formula is C10H15N3O5. The van der Waals surface area contributed by atoms with E-state index in [1.54, 1.807) is 27.7 Å². The molecule has 0 aliphatic heterocycles. The molecule has 1 aromatic rings. The van der Waals surface area contributed by atoms with Gasteiger partial charge in [-0.1, -0.05) is 0 Å². The summed E-state index contributed by atoms with van der Waals surface area (Å²) in [7, 11) is 0. The summed E-state index contributed by atoms with van der Waals surface area (Å²) in [5, 5.41) is 5.56. The molecule has 0 radical (unpaired) electrons. The fourth-order valence-electron chi connectivity index (χ4n) is 0.944. The van der Waals surface area contributed by atoms with Gasteiger partial charge in [0.2, 0.25) is 0 Å². The zero-order chi connectivity index (χ0) is 13.8. The number of rotatable bonds is 3. The summed E-state index contributed by atoms with van der Waals surface area (Å²) in [4.78, 5) is 26.2. The molecule has 8 heteroatoms. The number of ether oxygens (including phenoxy) is 2. The Morgan fingerprint density at radius 3 is 2.61 bits per heavy atom. The average molecular weight is 257 g/mol. The molecule has 0 saturated carbocycles. The predicted octanol–water partition coefficient (Wildman–Crippen LogP) is 1.59. The average Bonchev–Trinajstić information content (AvgIpc) is 2.63. The molecule has 0 aliphatic rings. The van der Waals surface area contributed by atoms with Crippen LogP contribution in [0.15, 0.2) is 4.52 Å². The maximum Gasteiger partial charge on any atom is 0.415 e. The van der Waals surface area contributed by atoms with Gasteiger partial charge in [-0.05, 0) is 32.9 Å². The molecule has 0 aliphatic carbocycles. The number of nitrogens with zero attached hydrogens (tertiary/aromatic N) is 2. The first-order valence-corrected chi connectivity index (χ1v) is 5.32. The van der Waals surface area contributed by atoms with E-state index in [-0.39, 0.29) is 18.4 Å². The Balaban J connectivity index is 2.59. The van der Waals surface area contributed by atoms with Crippen LogP contribution in [0.1, 0.15) is 38.3 Å². The molecule has 1 heterocycles. The van der Waals surface area contributed by atoms with E-state index in [0.717, 1.165) is 0 Å². The van der Waals surface area contributed by atoms with Crippen molar-refractivity contribution < 1.29 is 23.6 Å². The van der Waals surface area contributed by atoms with Crippen LogP contribution in [-0.2, 0) is 9.47 Å². The van der Waals surface area contributed by atoms with Crippen LogP contribution in [0.25, 0.3) is 0 Å². The molecule has 0 spiro atoms. The minimum absolute atomic E-state index is 0.197. The fourth-order valence-corrected chi connectivity index (χ4v) is 0.944. The van der Waals surface area contributed by atoms with Gasteiger partial charge in [-0.15, -0.1) is 0 Å². The van der Waals surface area contributed by atoms with Crippen molar-refractivity contribution in [3.05, 3.63) is 5.82 Å². The summed E-state index contributed by atoms with van der Waals surface area (Å²) in [6.07, 6.45) is -0.749. The van der Waals surface area contributed by atoms with Crippen LogP contribution in [0.4, 0.5) is 10.8 Å². The molecule has 0 fully saturated rings. The Hall–Kier alpha value is -2.12. The Kier molecular flexibility index (Phi) is 4.24. The molecule has 8 nitrogen and oxygen atoms in total. The maximum atomic E-state index is 11.4. The molecule has 1 N–H and O–H groups in total. The molecule has 0 atom stereocenters. The second-order valence-corrected chi connectivity index (χ2v) is 4.27. The van der Waals surface area contributed by atoms with Gasteiger partial charge in [0.15, 0.2) is 0 Å². The monoisotopic (exact) mass is 257 g/mol. The van der Waals surface area contributed by atoms with Gasteiger partial charge >= 0.3 is 18.1 Å². The highest BCUT2D eigenvalue weighted by atomic mass is 16.6. The Morgan fingerprint density at radius 1 is 1.39 bits per heavy atom. The van der Waals surface area contributed by atoms with Crippen molar-refractivity contribution in [3.63, 3.8) is 0 Å². The van der Waals surface area contributed by atoms with Crippen LogP contribution in [0, 0.1) is 0 Å². The molecule has 0 saturated heterocycles. The van der Waals surface area contributed by atoms with E-state index in [4.69, 9.17) is 4.74 Å². The molecule has 0 unspecified atom stereocenters. The fraction of sp³-hybridized carbons (Fsp3) is 0.600. The number of nitrogens with one attached hydrogen (secondary N) is 1. The Labute approximate surface area is 104 Å². The van der Waals surface area contributed by atoms with Crippen molar-refractivity contribution in [1.29, 1.82) is 0 Å². The van der Waals surface area contributed by atoms with Crippen LogP contribution >= 0.6 is 0 Å². The van der Waals surface area contributed by atoms with Crippen molar-refractivity contribution in [2.24, 2.45) is 0 Å². The lowest BCUT2D eigenvalue weighted by atomic mass is 10.2. The number of hydrogen-bond acceptors (Lipinski definition) is 7. The first-order valence-electron chi connectivity index (χ1n) is 5.32. The lowest BCUT2D eigenvalue weighted by Gasteiger charge is -2.18. The zero-order valence-corrected chi connectivity index (χ0v) is 10.6. The quantitative estimate of drug-likeness (QED) is 0.820. The van der Waals surface area contributed by atoms with Gasteiger partial charge < -0.3 is 14.0 Å². The van der Waals surface area contributed by atoms with Crippen molar-refractivity contribution in [1.82, 2.24) is 10.1 Å². The van der Waals surface area contributed by atoms with Crippen LogP contribution in [0.3, 0.4) is 0 Å². The number of hydrogen-bond donors (Lipinski definition) is 1. The summed E-state index contributed by atoms with van der Waals surface area (Å²) in [5.74, 6) is -0.985. The molecule has 1 rings (SSSR count). The van der Waals surface area contributed by atoms with Crippen LogP contribution < -0.4 is 5.32 Å². The lowest BCUT2D eigenvalue weighted by Crippen LogP contribution is -2.27. The Morgan fingerprint density at radius 2 is 2.06 bits per heavy atom. The normalized spacial score (nSPS) is 10.9. The molecule has 0 bridgehead atoms. The van der Waals surface area contributed by atoms with Crippen LogP contribution in [0.2, 0.25) is 0 Å². The maximum absolute atomic E-state index is 11.4. The summed E-state index contributed by atoms with van der Waals surface area (Å²) in [6.45, 7) is 6.99. The third-order valence-electron chi connectivity index (χ3n) is 1.49. The highest BCUT2D eigenvalue weighted by molar-refractivity contribution is 5.86. The zero-order valence-electron chi connectivity index (χ0n) is 10.6. The van der Waals surface area contributed by atoms with Crippen molar-refractivity contribution >= 4 is 18.1 Å². The second kappa shape index (κ2) is 5.48. The number of aromatic nitrogens is 2. The van der Waals surface area contributed by atoms with Gasteiger partial charge in [0.1, 0.15) is 5.60 Å². The third-order valence-corrected chi connectivity index (χ3v) is 1.49. The van der Waals surface area contributed by atoms with Crippen molar-refractivity contribution in [3.8, 4) is 0 Å². The van der Waals surface area contributed by atoms with Crippen LogP contribution in [0.5, 0.6) is 0 Å². The molecular weight excluding hydrogens is 242 g/mol. The SMILES string of the molecule is CCOC(=O)c1noc(NC(=O)OC(C)(C)C)n1. The Bertz CT molecular complexity index is 435. The van der Waals surface area contributed by atoms with E-state index in [1.165, 1.54) is 0 Å². The number of carbonyl (C=O) groups excluding carboxylic acids is 2. The molecule has 1 aromatic heterocycles. The predicted molar refractivity (Wildman–Crippen MR) is 60.1 cm³/mol. The summed E-state index contributed by atoms with van der Waals surface area (Å²) < 4.78 is 14.3. The standard InChI is InChI=1S/C10H15N3O5/c1-5-16-7(14)6-11-8(18-13-6)12-9(15)17-10(2,3)4/h5H2,1-4H3,(H,11,12,13,15). The molecule has 100 valence electrons. The largest absolute Gasteiger partial charge is 0.460 e. The smallest absolute Gasteiger partial charge is 0.415 e. The molecule has 1 amide bonds. The lowest BCUT2D eigenvalue weighted by molar-refractivity contribution is 0.0508. The van der Waals surface area contributed by atoms with E-state index in [9.17, 15) is 9.59 Å². The number of carbonyl (C=O) groups is 2. The van der Waals surface area contributed by atoms with Gasteiger partial charge in [0.25, 0.3) is 5.82 Å². The van der Waals surface area contributed by atoms with Crippen molar-refractivity contribution in [2.45, 2.75) is 33.3 Å². The molecule has 0 aromatic carbocycles. The summed E-state index contributed by atoms with van der Waals surface area (Å²) in [5.41, 5.74) is -0.645. The van der Waals surface area contributed by atoms with E-state index < -0.39 is 17.7 Å². The van der Waals surface area contributed by atoms with Gasteiger partial charge in [-0.25, -0.2) is 14.9 Å². The molecule has 18 heavy (non-hydrogen) atoms. The highest BCUT2D eigenvalue weighted by Gasteiger charge is 2.20. The number of esters is 1. The summed E-state index contributed by atoms with van der Waals surface area (Å²) >= 11 is 0. The minimum atomic E-state index is -0.749. The van der Waals surface area contributed by atoms with Gasteiger partial charge in [0, 0.05) is 0 Å². The first-order chi connectivity index (χ1) is 8.31. The van der Waals surface area contributed by atoms with E-state index in [1.807, 2.05) is 0 Å². The van der Waals surface area contributed by atoms with Gasteiger partial charge in [-0.2, -0.15) is 4.98 Å². The van der Waals surface area contributed by atoms with E-state index >= 15 is 0 Å². The first kappa shape index (κ1) is 13.9. The van der Waals surface area contributed by atoms with Gasteiger partial charge in [0.05, 0.1) is 6.61 Å². The van der Waals surface area contributed by atoms with Crippen molar-refractivity contribution in [2.75, 3.05) is 11.9 Å². The number of amides is 1.